The zero-order valence-corrected chi connectivity index (χ0v) is 14.5. The van der Waals surface area contributed by atoms with Gasteiger partial charge in [0.15, 0.2) is 0 Å². The van der Waals surface area contributed by atoms with Crippen molar-refractivity contribution >= 4 is 44.7 Å². The molecule has 1 aliphatic heterocycles. The summed E-state index contributed by atoms with van der Waals surface area (Å²) in [6.45, 7) is 2.45. The maximum atomic E-state index is 2.56. The fourth-order valence-electron chi connectivity index (χ4n) is 3.00. The summed E-state index contributed by atoms with van der Waals surface area (Å²) in [4.78, 5) is 5.11. The van der Waals surface area contributed by atoms with Crippen LogP contribution in [-0.4, -0.2) is 27.2 Å². The van der Waals surface area contributed by atoms with E-state index in [1.807, 2.05) is 0 Å². The number of fused-ring (bicyclic) bond motifs is 2. The molecule has 1 radical (unpaired) electrons. The van der Waals surface area contributed by atoms with Crippen molar-refractivity contribution in [3.05, 3.63) is 48.5 Å². The van der Waals surface area contributed by atoms with E-state index in [0.717, 1.165) is 0 Å². The van der Waals surface area contributed by atoms with E-state index in [4.69, 9.17) is 0 Å². The molecule has 0 aromatic heterocycles. The monoisotopic (exact) mass is 345 g/mol. The molecular weight excluding hydrogens is 327 g/mol. The third kappa shape index (κ3) is 1.63. The summed E-state index contributed by atoms with van der Waals surface area (Å²) in [6, 6.07) is 18.4. The van der Waals surface area contributed by atoms with E-state index in [-0.39, 0.29) is 0 Å². The summed E-state index contributed by atoms with van der Waals surface area (Å²) in [5, 5.41) is 3.36. The molecule has 0 saturated carbocycles. The SMILES string of the molecule is C[Si]1c2cccc[c]2[Sn]([CH3])([CH3])[c]2ccccc21. The molecule has 1 aliphatic rings. The molecule has 2 aromatic carbocycles. The van der Waals surface area contributed by atoms with Crippen LogP contribution in [0.2, 0.25) is 16.4 Å². The Hall–Kier alpha value is -0.544. The van der Waals surface area contributed by atoms with E-state index < -0.39 is 27.2 Å². The van der Waals surface area contributed by atoms with Crippen molar-refractivity contribution < 1.29 is 0 Å². The van der Waals surface area contributed by atoms with Crippen molar-refractivity contribution in [1.82, 2.24) is 0 Å². The Kier molecular flexibility index (Phi) is 2.71. The molecule has 0 N–H and O–H groups in total. The fraction of sp³-hybridized carbons (Fsp3) is 0.200. The molecule has 0 fully saturated rings. The Balaban J connectivity index is 2.34. The first-order valence-electron chi connectivity index (χ1n) is 6.15. The Morgan fingerprint density at radius 1 is 0.765 bits per heavy atom. The average molecular weight is 344 g/mol. The van der Waals surface area contributed by atoms with Gasteiger partial charge in [-0.1, -0.05) is 0 Å². The summed E-state index contributed by atoms with van der Waals surface area (Å²) in [5.74, 6) is 0. The zero-order valence-electron chi connectivity index (χ0n) is 10.6. The predicted molar refractivity (Wildman–Crippen MR) is 80.5 cm³/mol. The van der Waals surface area contributed by atoms with E-state index in [1.165, 1.54) is 0 Å². The van der Waals surface area contributed by atoms with Crippen molar-refractivity contribution in [3.63, 3.8) is 0 Å². The van der Waals surface area contributed by atoms with Crippen LogP contribution in [0.15, 0.2) is 48.5 Å². The molecule has 0 unspecified atom stereocenters. The van der Waals surface area contributed by atoms with E-state index in [9.17, 15) is 0 Å². The molecular formula is C15H17SiSn. The Morgan fingerprint density at radius 3 is 1.65 bits per heavy atom. The Labute approximate surface area is 109 Å². The first kappa shape index (κ1) is 11.5. The van der Waals surface area contributed by atoms with Gasteiger partial charge in [-0.05, 0) is 0 Å². The van der Waals surface area contributed by atoms with E-state index in [0.29, 0.717) is 0 Å². The van der Waals surface area contributed by atoms with Gasteiger partial charge < -0.3 is 0 Å². The number of benzene rings is 2. The van der Waals surface area contributed by atoms with Gasteiger partial charge in [-0.2, -0.15) is 0 Å². The van der Waals surface area contributed by atoms with Gasteiger partial charge in [0.25, 0.3) is 0 Å². The van der Waals surface area contributed by atoms with Crippen LogP contribution in [0.3, 0.4) is 0 Å². The quantitative estimate of drug-likeness (QED) is 0.627. The van der Waals surface area contributed by atoms with Gasteiger partial charge >= 0.3 is 110 Å². The van der Waals surface area contributed by atoms with Crippen molar-refractivity contribution in [2.75, 3.05) is 0 Å². The van der Waals surface area contributed by atoms with Gasteiger partial charge in [-0.25, -0.2) is 0 Å². The maximum absolute atomic E-state index is 2.56. The normalized spacial score (nSPS) is 17.4. The third-order valence-electron chi connectivity index (χ3n) is 4.01. The van der Waals surface area contributed by atoms with E-state index in [2.05, 4.69) is 65.0 Å². The third-order valence-corrected chi connectivity index (χ3v) is 18.1. The first-order valence-corrected chi connectivity index (χ1v) is 16.7. The molecule has 0 amide bonds. The van der Waals surface area contributed by atoms with Gasteiger partial charge in [0, 0.05) is 0 Å². The molecule has 1 heterocycles. The van der Waals surface area contributed by atoms with Gasteiger partial charge in [-0.3, -0.25) is 0 Å². The van der Waals surface area contributed by atoms with Crippen LogP contribution in [0.5, 0.6) is 0 Å². The van der Waals surface area contributed by atoms with Crippen LogP contribution in [0, 0.1) is 0 Å². The van der Waals surface area contributed by atoms with Crippen molar-refractivity contribution in [3.8, 4) is 0 Å². The van der Waals surface area contributed by atoms with Crippen molar-refractivity contribution in [2.45, 2.75) is 16.4 Å². The number of hydrogen-bond acceptors (Lipinski definition) is 0. The van der Waals surface area contributed by atoms with Crippen LogP contribution in [0.4, 0.5) is 0 Å². The molecule has 0 saturated heterocycles. The molecule has 2 heteroatoms. The minimum atomic E-state index is -2.27. The number of hydrogen-bond donors (Lipinski definition) is 0. The summed E-state index contributed by atoms with van der Waals surface area (Å²) in [6.07, 6.45) is 0. The standard InChI is InChI=1S/C13H11Si.2CH3.Sn/c1-14(12-8-4-2-5-9-12)13-10-6-3-7-11-13;;;/h2-8,10H,1H3;2*1H3;. The van der Waals surface area contributed by atoms with Gasteiger partial charge in [-0.15, -0.1) is 0 Å². The van der Waals surface area contributed by atoms with E-state index >= 15 is 0 Å². The molecule has 0 nitrogen and oxygen atoms in total. The second-order valence-electron chi connectivity index (χ2n) is 5.34. The number of rotatable bonds is 0. The molecule has 85 valence electrons. The van der Waals surface area contributed by atoms with Crippen LogP contribution in [0.25, 0.3) is 0 Å². The zero-order chi connectivity index (χ0) is 12.0. The second-order valence-corrected chi connectivity index (χ2v) is 20.0. The molecule has 3 rings (SSSR count). The average Bonchev–Trinajstić information content (AvgIpc) is 2.37. The van der Waals surface area contributed by atoms with Gasteiger partial charge in [0.2, 0.25) is 0 Å². The second kappa shape index (κ2) is 3.99. The molecule has 17 heavy (non-hydrogen) atoms. The van der Waals surface area contributed by atoms with Gasteiger partial charge in [0.05, 0.1) is 0 Å². The molecule has 0 atom stereocenters. The minimum absolute atomic E-state index is 0.524. The predicted octanol–water partition coefficient (Wildman–Crippen LogP) is 1.06. The Bertz CT molecular complexity index is 525. The molecule has 0 spiro atoms. The van der Waals surface area contributed by atoms with Crippen molar-refractivity contribution in [1.29, 1.82) is 0 Å². The van der Waals surface area contributed by atoms with Crippen LogP contribution in [0.1, 0.15) is 0 Å². The topological polar surface area (TPSA) is 0 Å². The van der Waals surface area contributed by atoms with Gasteiger partial charge in [0.1, 0.15) is 0 Å². The Morgan fingerprint density at radius 2 is 1.18 bits per heavy atom. The summed E-state index contributed by atoms with van der Waals surface area (Å²) < 4.78 is 3.47. The molecule has 0 bridgehead atoms. The van der Waals surface area contributed by atoms with Crippen LogP contribution < -0.4 is 17.5 Å². The summed E-state index contributed by atoms with van der Waals surface area (Å²) in [5.41, 5.74) is 0. The van der Waals surface area contributed by atoms with E-state index in [1.54, 1.807) is 17.5 Å². The van der Waals surface area contributed by atoms with Crippen LogP contribution >= 0.6 is 0 Å². The fourth-order valence-corrected chi connectivity index (χ4v) is 20.4. The molecule has 0 aliphatic carbocycles. The van der Waals surface area contributed by atoms with Crippen molar-refractivity contribution in [2.24, 2.45) is 0 Å². The summed E-state index contributed by atoms with van der Waals surface area (Å²) >= 11 is -2.27. The summed E-state index contributed by atoms with van der Waals surface area (Å²) in [7, 11) is -0.524. The molecule has 2 aromatic rings. The first-order chi connectivity index (χ1) is 8.12. The van der Waals surface area contributed by atoms with Crippen LogP contribution in [-0.2, 0) is 0 Å².